The molecule has 44 heavy (non-hydrogen) atoms. The van der Waals surface area contributed by atoms with E-state index >= 15 is 0 Å². The Morgan fingerprint density at radius 3 is 1.93 bits per heavy atom. The Balaban J connectivity index is 1.43. The Labute approximate surface area is 244 Å². The zero-order valence-electron chi connectivity index (χ0n) is 23.0. The molecular formula is C25H30F11N3O4S. The molecule has 1 N–H and O–H groups in total. The van der Waals surface area contributed by atoms with Crippen LogP contribution in [0.4, 0.5) is 56.3 Å². The molecule has 19 heteroatoms. The predicted octanol–water partition coefficient (Wildman–Crippen LogP) is 7.56. The van der Waals surface area contributed by atoms with Crippen LogP contribution < -0.4 is 4.90 Å². The number of nitrogens with zero attached hydrogens (tertiary/aromatic N) is 3. The molecule has 1 amide bonds. The molecule has 3 aliphatic rings. The highest BCUT2D eigenvalue weighted by atomic mass is 32.5. The number of alkyl halides is 6. The van der Waals surface area contributed by atoms with E-state index in [1.54, 1.807) is 4.90 Å². The Hall–Kier alpha value is -2.70. The second-order valence-corrected chi connectivity index (χ2v) is 14.1. The largest absolute Gasteiger partial charge is 0.481 e. The van der Waals surface area contributed by atoms with Gasteiger partial charge in [0.1, 0.15) is 4.90 Å². The van der Waals surface area contributed by atoms with Crippen molar-refractivity contribution in [3.05, 3.63) is 23.8 Å². The number of anilines is 1. The van der Waals surface area contributed by atoms with Crippen LogP contribution in [0.3, 0.4) is 0 Å². The first-order valence-electron chi connectivity index (χ1n) is 13.5. The maximum atomic E-state index is 13.9. The summed E-state index contributed by atoms with van der Waals surface area (Å²) in [4.78, 5) is 25.2. The molecule has 0 aliphatic carbocycles. The molecule has 0 radical (unpaired) electrons. The minimum atomic E-state index is -10.1. The molecule has 0 atom stereocenters. The van der Waals surface area contributed by atoms with Gasteiger partial charge >= 0.3 is 34.6 Å². The molecule has 3 heterocycles. The Bertz CT molecular complexity index is 1240. The lowest BCUT2D eigenvalue weighted by Crippen LogP contribution is -2.48. The number of rotatable bonds is 6. The summed E-state index contributed by atoms with van der Waals surface area (Å²) < 4.78 is 150. The van der Waals surface area contributed by atoms with Gasteiger partial charge in [0.05, 0.1) is 5.92 Å². The fourth-order valence-electron chi connectivity index (χ4n) is 5.96. The molecule has 3 aliphatic heterocycles. The van der Waals surface area contributed by atoms with Gasteiger partial charge in [-0.1, -0.05) is 19.4 Å². The summed E-state index contributed by atoms with van der Waals surface area (Å²) >= 11 is 0. The first-order chi connectivity index (χ1) is 19.8. The third kappa shape index (κ3) is 8.11. The van der Waals surface area contributed by atoms with Crippen molar-refractivity contribution in [1.82, 2.24) is 9.80 Å². The third-order valence-electron chi connectivity index (χ3n) is 8.44. The first kappa shape index (κ1) is 34.2. The van der Waals surface area contributed by atoms with Gasteiger partial charge in [-0.3, -0.25) is 9.69 Å². The molecule has 4 rings (SSSR count). The monoisotopic (exact) mass is 677 g/mol. The molecule has 252 valence electrons. The van der Waals surface area contributed by atoms with Gasteiger partial charge < -0.3 is 19.6 Å². The number of ether oxygens (including phenoxy) is 1. The number of likely N-dealkylation sites (tertiary alicyclic amines) is 2. The molecule has 7 nitrogen and oxygen atoms in total. The highest BCUT2D eigenvalue weighted by Gasteiger charge is 2.65. The van der Waals surface area contributed by atoms with E-state index in [9.17, 15) is 60.5 Å². The van der Waals surface area contributed by atoms with Crippen LogP contribution in [0.2, 0.25) is 0 Å². The standard InChI is InChI=1S/C25H30F11N3O4S/c26-24(27,28)21(25(29,30)31)43-22(42)39-10-5-23(15-39)3-8-37(9-4-23)14-16-11-18(13-19(12-16)44(32,33,34,35)36)38-6-1-17(2-7-38)20(40)41/h11-13,17,21H,1-10,14-15H2,(H,40,41). The minimum Gasteiger partial charge on any atom is -0.481 e. The molecule has 1 spiro atoms. The van der Waals surface area contributed by atoms with Crippen LogP contribution in [-0.4, -0.2) is 84.7 Å². The van der Waals surface area contributed by atoms with Crippen molar-refractivity contribution in [2.45, 2.75) is 62.0 Å². The summed E-state index contributed by atoms with van der Waals surface area (Å²) in [5.74, 6) is -1.75. The van der Waals surface area contributed by atoms with Crippen LogP contribution in [0.5, 0.6) is 0 Å². The van der Waals surface area contributed by atoms with Gasteiger partial charge in [0.15, 0.2) is 0 Å². The number of carbonyl (C=O) groups excluding carboxylic acids is 1. The number of carboxylic acids is 1. The normalized spacial score (nSPS) is 22.3. The van der Waals surface area contributed by atoms with Gasteiger partial charge in [-0.2, -0.15) is 26.3 Å². The van der Waals surface area contributed by atoms with Crippen molar-refractivity contribution < 1.29 is 65.2 Å². The summed E-state index contributed by atoms with van der Waals surface area (Å²) in [5, 5.41) is 9.18. The van der Waals surface area contributed by atoms with Gasteiger partial charge in [0, 0.05) is 38.4 Å². The number of carbonyl (C=O) groups is 2. The summed E-state index contributed by atoms with van der Waals surface area (Å²) in [6, 6.07) is 2.08. The van der Waals surface area contributed by atoms with E-state index in [2.05, 4.69) is 4.74 Å². The van der Waals surface area contributed by atoms with Gasteiger partial charge in [-0.15, -0.1) is 0 Å². The van der Waals surface area contributed by atoms with Crippen molar-refractivity contribution in [1.29, 1.82) is 0 Å². The van der Waals surface area contributed by atoms with Crippen molar-refractivity contribution in [3.63, 3.8) is 0 Å². The lowest BCUT2D eigenvalue weighted by atomic mass is 9.77. The number of hydrogen-bond donors (Lipinski definition) is 1. The number of carboxylic acid groups (broad SMARTS) is 1. The van der Waals surface area contributed by atoms with E-state index in [1.165, 1.54) is 11.0 Å². The van der Waals surface area contributed by atoms with Crippen LogP contribution >= 0.6 is 10.2 Å². The predicted molar refractivity (Wildman–Crippen MR) is 136 cm³/mol. The number of hydrogen-bond acceptors (Lipinski definition) is 5. The Kier molecular flexibility index (Phi) is 8.31. The number of amides is 1. The molecule has 1 aromatic carbocycles. The van der Waals surface area contributed by atoms with Crippen LogP contribution in [0.1, 0.15) is 37.7 Å². The summed E-state index contributed by atoms with van der Waals surface area (Å²) in [7, 11) is -10.1. The Morgan fingerprint density at radius 1 is 0.886 bits per heavy atom. The first-order valence-corrected chi connectivity index (χ1v) is 15.5. The van der Waals surface area contributed by atoms with Crippen molar-refractivity contribution in [2.24, 2.45) is 11.3 Å². The summed E-state index contributed by atoms with van der Waals surface area (Å²) in [5.41, 5.74) is -0.861. The number of halogens is 11. The molecule has 3 saturated heterocycles. The fourth-order valence-corrected chi connectivity index (χ4v) is 6.68. The summed E-state index contributed by atoms with van der Waals surface area (Å²) in [6.45, 7) is 0.0115. The molecule has 0 saturated carbocycles. The van der Waals surface area contributed by atoms with E-state index in [-0.39, 0.29) is 89.2 Å². The van der Waals surface area contributed by atoms with Crippen molar-refractivity contribution in [3.8, 4) is 0 Å². The lowest BCUT2D eigenvalue weighted by molar-refractivity contribution is -0.308. The van der Waals surface area contributed by atoms with E-state index in [1.807, 2.05) is 0 Å². The molecule has 3 fully saturated rings. The van der Waals surface area contributed by atoms with Crippen molar-refractivity contribution >= 4 is 28.0 Å². The van der Waals surface area contributed by atoms with Crippen LogP contribution in [0.15, 0.2) is 23.1 Å². The molecule has 0 aromatic heterocycles. The quantitative estimate of drug-likeness (QED) is 0.314. The van der Waals surface area contributed by atoms with Crippen LogP contribution in [0.25, 0.3) is 0 Å². The van der Waals surface area contributed by atoms with E-state index in [0.29, 0.717) is 12.1 Å². The van der Waals surface area contributed by atoms with E-state index in [4.69, 9.17) is 0 Å². The lowest BCUT2D eigenvalue weighted by Gasteiger charge is -2.42. The number of benzene rings is 1. The number of aliphatic carboxylic acids is 1. The van der Waals surface area contributed by atoms with Gasteiger partial charge in [-0.25, -0.2) is 4.79 Å². The van der Waals surface area contributed by atoms with E-state index in [0.717, 1.165) is 4.90 Å². The average molecular weight is 678 g/mol. The van der Waals surface area contributed by atoms with Crippen LogP contribution in [0, 0.1) is 11.3 Å². The minimum absolute atomic E-state index is 0.0536. The topological polar surface area (TPSA) is 73.3 Å². The van der Waals surface area contributed by atoms with E-state index < -0.39 is 57.0 Å². The SMILES string of the molecule is O=C(O)C1CCN(c2cc(CN3CCC4(CC3)CCN(C(=O)OC(C(F)(F)F)C(F)(F)F)C4)cc(S(F)(F)(F)(F)F)c2)CC1. The van der Waals surface area contributed by atoms with Gasteiger partial charge in [0.2, 0.25) is 0 Å². The second-order valence-electron chi connectivity index (χ2n) is 11.7. The van der Waals surface area contributed by atoms with Gasteiger partial charge in [-0.05, 0) is 74.4 Å². The fraction of sp³-hybridized carbons (Fsp3) is 0.680. The smallest absolute Gasteiger partial charge is 0.434 e. The highest BCUT2D eigenvalue weighted by Crippen LogP contribution is 3.02. The zero-order valence-corrected chi connectivity index (χ0v) is 23.8. The average Bonchev–Trinajstić information content (AvgIpc) is 3.29. The third-order valence-corrected chi connectivity index (χ3v) is 9.57. The molecular weight excluding hydrogens is 647 g/mol. The molecule has 1 aromatic rings. The van der Waals surface area contributed by atoms with Crippen molar-refractivity contribution in [2.75, 3.05) is 44.2 Å². The molecule has 0 bridgehead atoms. The maximum Gasteiger partial charge on any atom is 0.434 e. The number of piperidine rings is 2. The second kappa shape index (κ2) is 10.7. The zero-order chi connectivity index (χ0) is 33.0. The van der Waals surface area contributed by atoms with Crippen LogP contribution in [-0.2, 0) is 16.1 Å². The summed E-state index contributed by atoms with van der Waals surface area (Å²) in [6.07, 6.45) is -16.7. The van der Waals surface area contributed by atoms with Gasteiger partial charge in [0.25, 0.3) is 6.10 Å². The molecule has 0 unspecified atom stereocenters. The maximum absolute atomic E-state index is 13.9. The Morgan fingerprint density at radius 2 is 1.43 bits per heavy atom. The highest BCUT2D eigenvalue weighted by molar-refractivity contribution is 8.45.